The van der Waals surface area contributed by atoms with Crippen LogP contribution >= 0.6 is 0 Å². The Morgan fingerprint density at radius 3 is 2.44 bits per heavy atom. The maximum absolute atomic E-state index is 11.5. The molecule has 2 amide bonds. The first-order valence-corrected chi connectivity index (χ1v) is 5.89. The maximum atomic E-state index is 11.5. The summed E-state index contributed by atoms with van der Waals surface area (Å²) in [5, 5.41) is 9.47. The lowest BCUT2D eigenvalue weighted by molar-refractivity contribution is -0.197. The van der Waals surface area contributed by atoms with Gasteiger partial charge in [-0.25, -0.2) is 4.79 Å². The lowest BCUT2D eigenvalue weighted by Crippen LogP contribution is -2.32. The van der Waals surface area contributed by atoms with Crippen LogP contribution in [0.5, 0.6) is 0 Å². The van der Waals surface area contributed by atoms with Gasteiger partial charge in [-0.05, 0) is 19.8 Å². The zero-order valence-corrected chi connectivity index (χ0v) is 10.6. The van der Waals surface area contributed by atoms with Gasteiger partial charge in [-0.1, -0.05) is 6.92 Å². The van der Waals surface area contributed by atoms with Crippen LogP contribution in [0, 0.1) is 16.7 Å². The van der Waals surface area contributed by atoms with E-state index in [0.29, 0.717) is 17.9 Å². The fourth-order valence-corrected chi connectivity index (χ4v) is 1.50. The first-order valence-electron chi connectivity index (χ1n) is 5.89. The zero-order valence-electron chi connectivity index (χ0n) is 10.6. The molecule has 1 aliphatic rings. The zero-order chi connectivity index (χ0) is 13.8. The lowest BCUT2D eigenvalue weighted by Gasteiger charge is -2.19. The Bertz CT molecular complexity index is 397. The summed E-state index contributed by atoms with van der Waals surface area (Å²) in [6.07, 6.45) is 1.14. The molecule has 98 valence electrons. The van der Waals surface area contributed by atoms with Crippen molar-refractivity contribution in [3.63, 3.8) is 0 Å². The van der Waals surface area contributed by atoms with Crippen molar-refractivity contribution in [2.24, 2.45) is 5.41 Å². The van der Waals surface area contributed by atoms with Gasteiger partial charge >= 0.3 is 5.97 Å². The molecular formula is C12H16N2O4. The third-order valence-corrected chi connectivity index (χ3v) is 3.13. The van der Waals surface area contributed by atoms with Crippen LogP contribution in [-0.2, 0) is 19.2 Å². The van der Waals surface area contributed by atoms with Crippen molar-refractivity contribution in [3.05, 3.63) is 0 Å². The second kappa shape index (κ2) is 5.63. The summed E-state index contributed by atoms with van der Waals surface area (Å²) < 4.78 is 0. The quantitative estimate of drug-likeness (QED) is 0.688. The number of nitriles is 1. The van der Waals surface area contributed by atoms with E-state index in [9.17, 15) is 14.4 Å². The number of hydrogen-bond acceptors (Lipinski definition) is 5. The molecule has 0 radical (unpaired) electrons. The van der Waals surface area contributed by atoms with Gasteiger partial charge in [0.2, 0.25) is 0 Å². The minimum atomic E-state index is -0.659. The number of hydroxylamine groups is 2. The van der Waals surface area contributed by atoms with Crippen molar-refractivity contribution in [2.75, 3.05) is 0 Å². The highest BCUT2D eigenvalue weighted by atomic mass is 16.7. The molecule has 18 heavy (non-hydrogen) atoms. The minimum absolute atomic E-state index is 0.00889. The largest absolute Gasteiger partial charge is 0.333 e. The highest BCUT2D eigenvalue weighted by Gasteiger charge is 2.33. The maximum Gasteiger partial charge on any atom is 0.333 e. The second-order valence-corrected chi connectivity index (χ2v) is 4.57. The average molecular weight is 252 g/mol. The fraction of sp³-hybridized carbons (Fsp3) is 0.667. The number of amides is 2. The van der Waals surface area contributed by atoms with Gasteiger partial charge < -0.3 is 4.84 Å². The summed E-state index contributed by atoms with van der Waals surface area (Å²) in [6.45, 7) is 3.62. The minimum Gasteiger partial charge on any atom is -0.330 e. The molecule has 6 heteroatoms. The Hall–Kier alpha value is -1.90. The fourth-order valence-electron chi connectivity index (χ4n) is 1.50. The summed E-state index contributed by atoms with van der Waals surface area (Å²) in [7, 11) is 0. The van der Waals surface area contributed by atoms with E-state index in [1.165, 1.54) is 0 Å². The SMILES string of the molecule is CCC(C)(C#N)CCC(=O)ON1C(=O)CCC1=O. The first-order chi connectivity index (χ1) is 8.41. The molecule has 1 fully saturated rings. The average Bonchev–Trinajstić information content (AvgIpc) is 2.68. The summed E-state index contributed by atoms with van der Waals surface area (Å²) in [6, 6.07) is 2.14. The van der Waals surface area contributed by atoms with E-state index in [1.54, 1.807) is 6.92 Å². The normalized spacial score (nSPS) is 18.4. The topological polar surface area (TPSA) is 87.5 Å². The molecule has 0 N–H and O–H groups in total. The van der Waals surface area contributed by atoms with Crippen LogP contribution in [-0.4, -0.2) is 22.8 Å². The van der Waals surface area contributed by atoms with Gasteiger partial charge in [-0.15, -0.1) is 5.06 Å². The molecule has 0 aromatic carbocycles. The molecule has 1 saturated heterocycles. The van der Waals surface area contributed by atoms with E-state index in [-0.39, 0.29) is 19.3 Å². The second-order valence-electron chi connectivity index (χ2n) is 4.57. The van der Waals surface area contributed by atoms with Crippen LogP contribution in [0.1, 0.15) is 46.0 Å². The smallest absolute Gasteiger partial charge is 0.330 e. The predicted molar refractivity (Wildman–Crippen MR) is 60.4 cm³/mol. The Balaban J connectivity index is 2.46. The Morgan fingerprint density at radius 1 is 1.44 bits per heavy atom. The van der Waals surface area contributed by atoms with Gasteiger partial charge in [0.25, 0.3) is 11.8 Å². The van der Waals surface area contributed by atoms with Gasteiger partial charge in [0.05, 0.1) is 11.5 Å². The van der Waals surface area contributed by atoms with Crippen LogP contribution in [0.2, 0.25) is 0 Å². The first kappa shape index (κ1) is 14.2. The van der Waals surface area contributed by atoms with Crippen molar-refractivity contribution in [1.29, 1.82) is 5.26 Å². The molecule has 0 aromatic rings. The summed E-state index contributed by atoms with van der Waals surface area (Å²) in [4.78, 5) is 38.6. The van der Waals surface area contributed by atoms with Gasteiger partial charge in [-0.2, -0.15) is 5.26 Å². The Labute approximate surface area is 105 Å². The molecule has 0 spiro atoms. The molecule has 1 heterocycles. The summed E-state index contributed by atoms with van der Waals surface area (Å²) >= 11 is 0. The number of carbonyl (C=O) groups is 3. The molecule has 1 unspecified atom stereocenters. The van der Waals surface area contributed by atoms with E-state index >= 15 is 0 Å². The molecule has 1 rings (SSSR count). The molecular weight excluding hydrogens is 236 g/mol. The van der Waals surface area contributed by atoms with Gasteiger partial charge in [0.15, 0.2) is 0 Å². The van der Waals surface area contributed by atoms with Crippen LogP contribution in [0.4, 0.5) is 0 Å². The molecule has 1 atom stereocenters. The standard InChI is InChI=1S/C12H16N2O4/c1-3-12(2,8-13)7-6-11(17)18-14-9(15)4-5-10(14)16/h3-7H2,1-2H3. The molecule has 0 aliphatic carbocycles. The van der Waals surface area contributed by atoms with Gasteiger partial charge in [-0.3, -0.25) is 9.59 Å². The van der Waals surface area contributed by atoms with Crippen LogP contribution < -0.4 is 0 Å². The summed E-state index contributed by atoms with van der Waals surface area (Å²) in [5.41, 5.74) is -0.585. The molecule has 0 aromatic heterocycles. The molecule has 0 saturated carbocycles. The van der Waals surface area contributed by atoms with Crippen LogP contribution in [0.15, 0.2) is 0 Å². The monoisotopic (exact) mass is 252 g/mol. The lowest BCUT2D eigenvalue weighted by atomic mass is 9.84. The Kier molecular flexibility index (Phi) is 4.43. The molecule has 6 nitrogen and oxygen atoms in total. The van der Waals surface area contributed by atoms with Gasteiger partial charge in [0.1, 0.15) is 0 Å². The van der Waals surface area contributed by atoms with E-state index in [2.05, 4.69) is 6.07 Å². The number of hydrogen-bond donors (Lipinski definition) is 0. The van der Waals surface area contributed by atoms with Gasteiger partial charge in [0, 0.05) is 19.3 Å². The van der Waals surface area contributed by atoms with E-state index in [4.69, 9.17) is 10.1 Å². The summed E-state index contributed by atoms with van der Waals surface area (Å²) in [5.74, 6) is -1.65. The highest BCUT2D eigenvalue weighted by Crippen LogP contribution is 2.26. The number of nitrogens with zero attached hydrogens (tertiary/aromatic N) is 2. The van der Waals surface area contributed by atoms with Crippen molar-refractivity contribution < 1.29 is 19.2 Å². The third-order valence-electron chi connectivity index (χ3n) is 3.13. The number of carbonyl (C=O) groups excluding carboxylic acids is 3. The molecule has 0 bridgehead atoms. The predicted octanol–water partition coefficient (Wildman–Crippen LogP) is 1.31. The Morgan fingerprint density at radius 2 is 2.00 bits per heavy atom. The van der Waals surface area contributed by atoms with Crippen molar-refractivity contribution in [1.82, 2.24) is 5.06 Å². The molecule has 1 aliphatic heterocycles. The van der Waals surface area contributed by atoms with Crippen molar-refractivity contribution in [2.45, 2.75) is 46.0 Å². The highest BCUT2D eigenvalue weighted by molar-refractivity contribution is 6.01. The van der Waals surface area contributed by atoms with Crippen LogP contribution in [0.25, 0.3) is 0 Å². The van der Waals surface area contributed by atoms with Crippen LogP contribution in [0.3, 0.4) is 0 Å². The van der Waals surface area contributed by atoms with E-state index in [0.717, 1.165) is 0 Å². The van der Waals surface area contributed by atoms with E-state index < -0.39 is 23.2 Å². The van der Waals surface area contributed by atoms with Crippen molar-refractivity contribution in [3.8, 4) is 6.07 Å². The number of imide groups is 1. The van der Waals surface area contributed by atoms with E-state index in [1.807, 2.05) is 6.92 Å². The third kappa shape index (κ3) is 3.29. The number of rotatable bonds is 5. The van der Waals surface area contributed by atoms with Crippen molar-refractivity contribution >= 4 is 17.8 Å².